The predicted molar refractivity (Wildman–Crippen MR) is 115 cm³/mol. The molecule has 30 heavy (non-hydrogen) atoms. The molecule has 4 rings (SSSR count). The molecule has 4 aromatic rings. The van der Waals surface area contributed by atoms with E-state index in [1.807, 2.05) is 43.3 Å². The lowest BCUT2D eigenvalue weighted by Crippen LogP contribution is -2.17. The summed E-state index contributed by atoms with van der Waals surface area (Å²) < 4.78 is 5.76. The largest absolute Gasteiger partial charge is 0.478 e. The quantitative estimate of drug-likeness (QED) is 0.371. The van der Waals surface area contributed by atoms with Gasteiger partial charge >= 0.3 is 5.97 Å². The van der Waals surface area contributed by atoms with Gasteiger partial charge in [0.1, 0.15) is 11.5 Å². The number of amides is 1. The molecule has 0 aliphatic rings. The van der Waals surface area contributed by atoms with Gasteiger partial charge in [0.15, 0.2) is 0 Å². The van der Waals surface area contributed by atoms with Crippen LogP contribution in [0.2, 0.25) is 0 Å². The first-order valence-corrected chi connectivity index (χ1v) is 9.28. The minimum atomic E-state index is -0.973. The van der Waals surface area contributed by atoms with Crippen LogP contribution in [0.15, 0.2) is 82.3 Å². The number of rotatable bonds is 5. The van der Waals surface area contributed by atoms with Crippen LogP contribution in [0.25, 0.3) is 22.1 Å². The van der Waals surface area contributed by atoms with E-state index in [1.165, 1.54) is 12.3 Å². The zero-order chi connectivity index (χ0) is 21.1. The van der Waals surface area contributed by atoms with Gasteiger partial charge in [-0.1, -0.05) is 42.5 Å². The number of carboxylic acids is 1. The highest BCUT2D eigenvalue weighted by Crippen LogP contribution is 2.26. The van der Waals surface area contributed by atoms with Crippen molar-refractivity contribution >= 4 is 28.9 Å². The summed E-state index contributed by atoms with van der Waals surface area (Å²) in [5.41, 5.74) is 4.87. The van der Waals surface area contributed by atoms with E-state index >= 15 is 0 Å². The Hall–Kier alpha value is -4.19. The first-order valence-electron chi connectivity index (χ1n) is 9.28. The van der Waals surface area contributed by atoms with Crippen molar-refractivity contribution in [3.63, 3.8) is 0 Å². The van der Waals surface area contributed by atoms with Crippen molar-refractivity contribution in [1.82, 2.24) is 5.43 Å². The molecule has 148 valence electrons. The Morgan fingerprint density at radius 2 is 1.80 bits per heavy atom. The number of furan rings is 1. The second-order valence-electron chi connectivity index (χ2n) is 6.76. The van der Waals surface area contributed by atoms with Crippen molar-refractivity contribution in [3.05, 3.63) is 95.2 Å². The molecule has 0 saturated heterocycles. The number of nitrogens with one attached hydrogen (secondary N) is 1. The topological polar surface area (TPSA) is 91.9 Å². The lowest BCUT2D eigenvalue weighted by atomic mass is 10.0. The smallest absolute Gasteiger partial charge is 0.335 e. The van der Waals surface area contributed by atoms with E-state index < -0.39 is 5.97 Å². The molecule has 6 heteroatoms. The highest BCUT2D eigenvalue weighted by atomic mass is 16.4. The van der Waals surface area contributed by atoms with Crippen LogP contribution in [-0.4, -0.2) is 23.2 Å². The molecular formula is C24H18N2O4. The molecule has 0 aliphatic heterocycles. The van der Waals surface area contributed by atoms with Crippen LogP contribution in [0.5, 0.6) is 0 Å². The number of fused-ring (bicyclic) bond motifs is 1. The van der Waals surface area contributed by atoms with Gasteiger partial charge in [0.25, 0.3) is 5.91 Å². The molecular weight excluding hydrogens is 380 g/mol. The fourth-order valence-electron chi connectivity index (χ4n) is 3.28. The first-order chi connectivity index (χ1) is 14.5. The molecule has 6 nitrogen and oxygen atoms in total. The molecule has 0 spiro atoms. The maximum absolute atomic E-state index is 12.5. The van der Waals surface area contributed by atoms with Gasteiger partial charge < -0.3 is 9.52 Å². The molecule has 0 fully saturated rings. The maximum Gasteiger partial charge on any atom is 0.335 e. The fourth-order valence-corrected chi connectivity index (χ4v) is 3.28. The summed E-state index contributed by atoms with van der Waals surface area (Å²) in [7, 11) is 0. The Labute approximate surface area is 172 Å². The Balaban J connectivity index is 1.49. The highest BCUT2D eigenvalue weighted by Gasteiger charge is 2.11. The molecule has 1 amide bonds. The Bertz CT molecular complexity index is 1280. The summed E-state index contributed by atoms with van der Waals surface area (Å²) in [6, 6.07) is 21.5. The molecule has 1 heterocycles. The van der Waals surface area contributed by atoms with Crippen LogP contribution < -0.4 is 5.43 Å². The molecule has 2 N–H and O–H groups in total. The SMILES string of the molecule is Cc1cc(C(=O)O)ccc1-c1ccc(/C=N\NC(=O)c2cccc3ccccc23)o1. The predicted octanol–water partition coefficient (Wildman–Crippen LogP) is 4.87. The monoisotopic (exact) mass is 398 g/mol. The van der Waals surface area contributed by atoms with Gasteiger partial charge in [0.2, 0.25) is 0 Å². The number of carbonyl (C=O) groups excluding carboxylic acids is 1. The minimum Gasteiger partial charge on any atom is -0.478 e. The zero-order valence-electron chi connectivity index (χ0n) is 16.1. The number of hydrogen-bond donors (Lipinski definition) is 2. The Morgan fingerprint density at radius 1 is 1.00 bits per heavy atom. The van der Waals surface area contributed by atoms with Gasteiger partial charge in [-0.2, -0.15) is 5.10 Å². The van der Waals surface area contributed by atoms with Gasteiger partial charge in [-0.25, -0.2) is 10.2 Å². The average Bonchev–Trinajstić information content (AvgIpc) is 3.21. The lowest BCUT2D eigenvalue weighted by molar-refractivity contribution is 0.0696. The van der Waals surface area contributed by atoms with E-state index in [0.717, 1.165) is 21.9 Å². The van der Waals surface area contributed by atoms with Gasteiger partial charge in [-0.3, -0.25) is 4.79 Å². The maximum atomic E-state index is 12.5. The summed E-state index contributed by atoms with van der Waals surface area (Å²) in [5, 5.41) is 14.9. The zero-order valence-corrected chi connectivity index (χ0v) is 16.1. The molecule has 0 atom stereocenters. The van der Waals surface area contributed by atoms with Crippen LogP contribution in [0.4, 0.5) is 0 Å². The number of carbonyl (C=O) groups is 2. The second-order valence-corrected chi connectivity index (χ2v) is 6.76. The van der Waals surface area contributed by atoms with Crippen LogP contribution in [0.3, 0.4) is 0 Å². The van der Waals surface area contributed by atoms with Gasteiger partial charge in [-0.15, -0.1) is 0 Å². The summed E-state index contributed by atoms with van der Waals surface area (Å²) in [4.78, 5) is 23.6. The van der Waals surface area contributed by atoms with E-state index in [9.17, 15) is 9.59 Å². The van der Waals surface area contributed by atoms with Crippen molar-refractivity contribution in [2.45, 2.75) is 6.92 Å². The van der Waals surface area contributed by atoms with Crippen LogP contribution >= 0.6 is 0 Å². The third-order valence-corrected chi connectivity index (χ3v) is 4.76. The number of benzene rings is 3. The number of carboxylic acid groups (broad SMARTS) is 1. The molecule has 0 saturated carbocycles. The molecule has 0 bridgehead atoms. The van der Waals surface area contributed by atoms with Crippen LogP contribution in [0, 0.1) is 6.92 Å². The molecule has 0 unspecified atom stereocenters. The van der Waals surface area contributed by atoms with Crippen molar-refractivity contribution in [3.8, 4) is 11.3 Å². The van der Waals surface area contributed by atoms with Crippen molar-refractivity contribution in [2.24, 2.45) is 5.10 Å². The lowest BCUT2D eigenvalue weighted by Gasteiger charge is -2.04. The Kier molecular flexibility index (Phi) is 5.13. The van der Waals surface area contributed by atoms with Crippen molar-refractivity contribution in [2.75, 3.05) is 0 Å². The van der Waals surface area contributed by atoms with Crippen LogP contribution in [-0.2, 0) is 0 Å². The molecule has 3 aromatic carbocycles. The molecule has 1 aromatic heterocycles. The first kappa shape index (κ1) is 19.1. The van der Waals surface area contributed by atoms with E-state index in [0.29, 0.717) is 17.1 Å². The number of aromatic carboxylic acids is 1. The summed E-state index contributed by atoms with van der Waals surface area (Å²) >= 11 is 0. The van der Waals surface area contributed by atoms with Crippen molar-refractivity contribution in [1.29, 1.82) is 0 Å². The molecule has 0 aliphatic carbocycles. The van der Waals surface area contributed by atoms with E-state index in [2.05, 4.69) is 10.5 Å². The third kappa shape index (κ3) is 3.84. The standard InChI is InChI=1S/C24H18N2O4/c1-15-13-17(24(28)29)9-11-19(15)22-12-10-18(30-22)14-25-26-23(27)21-8-4-6-16-5-2-3-7-20(16)21/h2-14H,1H3,(H,26,27)(H,28,29)/b25-14-. The van der Waals surface area contributed by atoms with E-state index in [1.54, 1.807) is 30.3 Å². The van der Waals surface area contributed by atoms with Gasteiger partial charge in [0, 0.05) is 11.1 Å². The highest BCUT2D eigenvalue weighted by molar-refractivity contribution is 6.07. The Morgan fingerprint density at radius 3 is 2.60 bits per heavy atom. The average molecular weight is 398 g/mol. The number of nitrogens with zero attached hydrogens (tertiary/aromatic N) is 1. The number of hydrogen-bond acceptors (Lipinski definition) is 4. The van der Waals surface area contributed by atoms with E-state index in [-0.39, 0.29) is 11.5 Å². The fraction of sp³-hybridized carbons (Fsp3) is 0.0417. The second kappa shape index (κ2) is 8.05. The third-order valence-electron chi connectivity index (χ3n) is 4.76. The normalized spacial score (nSPS) is 11.1. The van der Waals surface area contributed by atoms with Gasteiger partial charge in [-0.05, 0) is 53.6 Å². The van der Waals surface area contributed by atoms with E-state index in [4.69, 9.17) is 9.52 Å². The summed E-state index contributed by atoms with van der Waals surface area (Å²) in [5.74, 6) is -0.231. The summed E-state index contributed by atoms with van der Waals surface area (Å²) in [6.45, 7) is 1.82. The molecule has 0 radical (unpaired) electrons. The van der Waals surface area contributed by atoms with Crippen molar-refractivity contribution < 1.29 is 19.1 Å². The minimum absolute atomic E-state index is 0.223. The summed E-state index contributed by atoms with van der Waals surface area (Å²) in [6.07, 6.45) is 1.42. The van der Waals surface area contributed by atoms with Crippen LogP contribution in [0.1, 0.15) is 32.0 Å². The van der Waals surface area contributed by atoms with Gasteiger partial charge in [0.05, 0.1) is 11.8 Å². The number of aryl methyl sites for hydroxylation is 1. The number of hydrazone groups is 1.